The van der Waals surface area contributed by atoms with E-state index in [1.807, 2.05) is 6.92 Å². The predicted octanol–water partition coefficient (Wildman–Crippen LogP) is 4.04. The summed E-state index contributed by atoms with van der Waals surface area (Å²) in [5.41, 5.74) is 15.0. The van der Waals surface area contributed by atoms with Gasteiger partial charge in [0.15, 0.2) is 5.16 Å². The summed E-state index contributed by atoms with van der Waals surface area (Å²) in [6.07, 6.45) is 3.69. The lowest BCUT2D eigenvalue weighted by Gasteiger charge is -2.31. The Kier molecular flexibility index (Phi) is 6.60. The van der Waals surface area contributed by atoms with Crippen LogP contribution in [0.5, 0.6) is 0 Å². The number of anilines is 2. The molecule has 6 rings (SSSR count). The second kappa shape index (κ2) is 9.90. The van der Waals surface area contributed by atoms with Crippen molar-refractivity contribution in [2.45, 2.75) is 61.7 Å². The first kappa shape index (κ1) is 24.7. The van der Waals surface area contributed by atoms with Gasteiger partial charge in [-0.3, -0.25) is 0 Å². The summed E-state index contributed by atoms with van der Waals surface area (Å²) in [5, 5.41) is 3.30. The number of hydrogen-bond acceptors (Lipinski definition) is 9. The zero-order valence-electron chi connectivity index (χ0n) is 21.2. The fourth-order valence-corrected chi connectivity index (χ4v) is 6.44. The van der Waals surface area contributed by atoms with Crippen molar-refractivity contribution in [2.24, 2.45) is 11.5 Å². The van der Waals surface area contributed by atoms with Gasteiger partial charge in [0.1, 0.15) is 23.1 Å². The van der Waals surface area contributed by atoms with Gasteiger partial charge >= 0.3 is 0 Å². The summed E-state index contributed by atoms with van der Waals surface area (Å²) in [6.45, 7) is 7.47. The highest BCUT2D eigenvalue weighted by Crippen LogP contribution is 2.38. The first-order valence-electron chi connectivity index (χ1n) is 12.9. The number of nitrogens with one attached hydrogen (secondary N) is 1. The summed E-state index contributed by atoms with van der Waals surface area (Å²) in [4.78, 5) is 28.4. The van der Waals surface area contributed by atoms with Crippen LogP contribution >= 0.6 is 23.4 Å². The van der Waals surface area contributed by atoms with Gasteiger partial charge in [-0.25, -0.2) is 19.9 Å². The molecule has 0 amide bonds. The molecule has 2 aliphatic rings. The Bertz CT molecular complexity index is 1460. The summed E-state index contributed by atoms with van der Waals surface area (Å²) in [5.74, 6) is 2.60. The average molecular weight is 538 g/mol. The largest absolute Gasteiger partial charge is 0.356 e. The molecular formula is C26H32ClN9S. The zero-order chi connectivity index (χ0) is 25.7. The van der Waals surface area contributed by atoms with Gasteiger partial charge in [0.05, 0.1) is 15.9 Å². The smallest absolute Gasteiger partial charge is 0.196 e. The van der Waals surface area contributed by atoms with E-state index in [-0.39, 0.29) is 12.1 Å². The van der Waals surface area contributed by atoms with Gasteiger partial charge in [0.2, 0.25) is 0 Å². The molecule has 11 heteroatoms. The lowest BCUT2D eigenvalue weighted by atomic mass is 10.1. The van der Waals surface area contributed by atoms with Crippen LogP contribution in [0.25, 0.3) is 21.9 Å². The number of aryl methyl sites for hydroxylation is 2. The minimum atomic E-state index is 0.137. The molecule has 0 radical (unpaired) electrons. The number of halogens is 1. The molecule has 0 aliphatic carbocycles. The predicted molar refractivity (Wildman–Crippen MR) is 151 cm³/mol. The van der Waals surface area contributed by atoms with Crippen molar-refractivity contribution in [1.29, 1.82) is 0 Å². The number of fused-ring (bicyclic) bond motifs is 2. The molecule has 1 atom stereocenters. The molecule has 9 nitrogen and oxygen atoms in total. The minimum Gasteiger partial charge on any atom is -0.356 e. The van der Waals surface area contributed by atoms with E-state index in [4.69, 9.17) is 43.0 Å². The van der Waals surface area contributed by atoms with Crippen LogP contribution in [0.2, 0.25) is 5.02 Å². The van der Waals surface area contributed by atoms with Crippen molar-refractivity contribution < 1.29 is 0 Å². The normalized spacial score (nSPS) is 19.0. The first-order valence-corrected chi connectivity index (χ1v) is 14.1. The Morgan fingerprint density at radius 2 is 1.76 bits per heavy atom. The van der Waals surface area contributed by atoms with Gasteiger partial charge in [-0.15, -0.1) is 0 Å². The van der Waals surface area contributed by atoms with E-state index in [2.05, 4.69) is 39.9 Å². The third-order valence-electron chi connectivity index (χ3n) is 7.31. The van der Waals surface area contributed by atoms with Gasteiger partial charge in [0.25, 0.3) is 0 Å². The Morgan fingerprint density at radius 1 is 1.00 bits per heavy atom. The van der Waals surface area contributed by atoms with Crippen molar-refractivity contribution in [3.05, 3.63) is 34.7 Å². The molecule has 2 fully saturated rings. The van der Waals surface area contributed by atoms with E-state index >= 15 is 0 Å². The van der Waals surface area contributed by atoms with Gasteiger partial charge in [0, 0.05) is 54.2 Å². The first-order chi connectivity index (χ1) is 17.9. The van der Waals surface area contributed by atoms with Gasteiger partial charge < -0.3 is 26.3 Å². The average Bonchev–Trinajstić information content (AvgIpc) is 3.46. The molecular weight excluding hydrogens is 506 g/mol. The number of H-pyrrole nitrogens is 1. The van der Waals surface area contributed by atoms with E-state index in [0.29, 0.717) is 10.2 Å². The number of nitrogens with zero attached hydrogens (tertiary/aromatic N) is 6. The van der Waals surface area contributed by atoms with Gasteiger partial charge in [-0.1, -0.05) is 18.5 Å². The molecule has 0 bridgehead atoms. The van der Waals surface area contributed by atoms with Crippen LogP contribution in [0.4, 0.5) is 11.6 Å². The van der Waals surface area contributed by atoms with Crippen LogP contribution in [0, 0.1) is 6.92 Å². The number of benzene rings is 1. The van der Waals surface area contributed by atoms with Crippen LogP contribution < -0.4 is 21.3 Å². The van der Waals surface area contributed by atoms with Crippen molar-refractivity contribution in [2.75, 3.05) is 36.0 Å². The third kappa shape index (κ3) is 4.71. The van der Waals surface area contributed by atoms with Crippen molar-refractivity contribution >= 4 is 56.9 Å². The number of rotatable bonds is 5. The third-order valence-corrected chi connectivity index (χ3v) is 8.58. The SMILES string of the molecule is CCc1[nH]c2nc(Sc3ccc4c(N5CCC(N)CC5)nc(C)nc4c3)nc(N3CC[C@@H](N)C3)c2c1Cl. The number of hydrogen-bond donors (Lipinski definition) is 3. The summed E-state index contributed by atoms with van der Waals surface area (Å²) in [6, 6.07) is 6.73. The van der Waals surface area contributed by atoms with Crippen LogP contribution in [0.3, 0.4) is 0 Å². The molecule has 0 unspecified atom stereocenters. The maximum Gasteiger partial charge on any atom is 0.196 e. The number of nitrogens with two attached hydrogens (primary N) is 2. The monoisotopic (exact) mass is 537 g/mol. The molecule has 3 aromatic heterocycles. The second-order valence-corrected chi connectivity index (χ2v) is 11.4. The maximum absolute atomic E-state index is 6.76. The van der Waals surface area contributed by atoms with Crippen molar-refractivity contribution in [1.82, 2.24) is 24.9 Å². The molecule has 37 heavy (non-hydrogen) atoms. The summed E-state index contributed by atoms with van der Waals surface area (Å²) < 4.78 is 0. The molecule has 2 saturated heterocycles. The quantitative estimate of drug-likeness (QED) is 0.323. The topological polar surface area (TPSA) is 126 Å². The number of aromatic amines is 1. The van der Waals surface area contributed by atoms with Gasteiger partial charge in [-0.05, 0) is 62.6 Å². The fraction of sp³-hybridized carbons (Fsp3) is 0.462. The summed E-state index contributed by atoms with van der Waals surface area (Å²) in [7, 11) is 0. The molecule has 2 aliphatic heterocycles. The Balaban J connectivity index is 1.37. The highest BCUT2D eigenvalue weighted by Gasteiger charge is 2.26. The second-order valence-electron chi connectivity index (χ2n) is 10.0. The van der Waals surface area contributed by atoms with Crippen LogP contribution in [0.1, 0.15) is 37.7 Å². The molecule has 4 aromatic rings. The molecule has 5 heterocycles. The number of aromatic nitrogens is 5. The fourth-order valence-electron chi connectivity index (χ4n) is 5.29. The summed E-state index contributed by atoms with van der Waals surface area (Å²) >= 11 is 8.28. The van der Waals surface area contributed by atoms with E-state index in [0.717, 1.165) is 102 Å². The van der Waals surface area contributed by atoms with Crippen LogP contribution in [-0.4, -0.2) is 63.2 Å². The Morgan fingerprint density at radius 3 is 2.49 bits per heavy atom. The molecule has 194 valence electrons. The van der Waals surface area contributed by atoms with E-state index < -0.39 is 0 Å². The van der Waals surface area contributed by atoms with Crippen molar-refractivity contribution in [3.8, 4) is 0 Å². The number of piperidine rings is 1. The standard InChI is InChI=1S/C26H32ClN9S/c1-3-19-22(27)21-23(32-19)33-26(34-25(21)36-11-8-16(29)13-36)37-17-4-5-18-20(12-17)30-14(2)31-24(18)35-9-6-15(28)7-10-35/h4-5,12,15-16H,3,6-11,13,28-29H2,1-2H3,(H,32,33,34)/t16-/m1/s1. The molecule has 1 aromatic carbocycles. The Labute approximate surface area is 225 Å². The van der Waals surface area contributed by atoms with Gasteiger partial charge in [-0.2, -0.15) is 0 Å². The van der Waals surface area contributed by atoms with Crippen molar-refractivity contribution in [3.63, 3.8) is 0 Å². The van der Waals surface area contributed by atoms with Crippen LogP contribution in [0.15, 0.2) is 28.3 Å². The van der Waals surface area contributed by atoms with E-state index in [1.54, 1.807) is 0 Å². The maximum atomic E-state index is 6.76. The Hall–Kier alpha value is -2.66. The lowest BCUT2D eigenvalue weighted by Crippen LogP contribution is -2.40. The highest BCUT2D eigenvalue weighted by molar-refractivity contribution is 7.99. The molecule has 0 spiro atoms. The van der Waals surface area contributed by atoms with E-state index in [9.17, 15) is 0 Å². The lowest BCUT2D eigenvalue weighted by molar-refractivity contribution is 0.499. The molecule has 0 saturated carbocycles. The van der Waals surface area contributed by atoms with Crippen LogP contribution in [-0.2, 0) is 6.42 Å². The highest BCUT2D eigenvalue weighted by atomic mass is 35.5. The zero-order valence-corrected chi connectivity index (χ0v) is 22.7. The van der Waals surface area contributed by atoms with E-state index in [1.165, 1.54) is 11.8 Å². The minimum absolute atomic E-state index is 0.137. The molecule has 5 N–H and O–H groups in total.